The van der Waals surface area contributed by atoms with Crippen LogP contribution >= 0.6 is 0 Å². The number of rotatable bonds is 7. The van der Waals surface area contributed by atoms with Crippen molar-refractivity contribution in [2.24, 2.45) is 5.92 Å². The molecule has 2 amide bonds. The standard InChI is InChI=1S/C28H35F2N3O3/c1-2-36-28(35)31-14-11-20-12-16-32(17-13-20)19-27(34)33-15-3-4-24(21-5-7-22(29)8-6-21)25-10-9-23(30)18-26(25)33/h5-10,18,20,24H,2-4,11-17,19H2,1H3,(H,31,35). The number of fused-ring (bicyclic) bond motifs is 1. The number of anilines is 1. The maximum Gasteiger partial charge on any atom is 0.407 e. The summed E-state index contributed by atoms with van der Waals surface area (Å²) in [5.74, 6) is -0.198. The van der Waals surface area contributed by atoms with Crippen LogP contribution in [0.5, 0.6) is 0 Å². The molecule has 1 N–H and O–H groups in total. The largest absolute Gasteiger partial charge is 0.450 e. The van der Waals surface area contributed by atoms with Gasteiger partial charge in [0.15, 0.2) is 0 Å². The summed E-state index contributed by atoms with van der Waals surface area (Å²) in [6.07, 6.45) is 4.03. The molecule has 0 bridgehead atoms. The molecule has 1 saturated heterocycles. The Kier molecular flexibility index (Phi) is 8.91. The fraction of sp³-hybridized carbons (Fsp3) is 0.500. The third-order valence-corrected chi connectivity index (χ3v) is 7.27. The van der Waals surface area contributed by atoms with Gasteiger partial charge in [0, 0.05) is 19.0 Å². The van der Waals surface area contributed by atoms with E-state index in [1.54, 1.807) is 30.0 Å². The lowest BCUT2D eigenvalue weighted by atomic mass is 9.87. The van der Waals surface area contributed by atoms with Crippen LogP contribution in [0, 0.1) is 17.6 Å². The quantitative estimate of drug-likeness (QED) is 0.578. The number of halogens is 2. The van der Waals surface area contributed by atoms with Crippen molar-refractivity contribution in [1.82, 2.24) is 10.2 Å². The first kappa shape index (κ1) is 26.1. The van der Waals surface area contributed by atoms with Crippen LogP contribution in [0.3, 0.4) is 0 Å². The highest BCUT2D eigenvalue weighted by Crippen LogP contribution is 2.39. The highest BCUT2D eigenvalue weighted by Gasteiger charge is 2.29. The van der Waals surface area contributed by atoms with Gasteiger partial charge in [-0.3, -0.25) is 9.69 Å². The second kappa shape index (κ2) is 12.3. The molecule has 2 aliphatic heterocycles. The van der Waals surface area contributed by atoms with Crippen LogP contribution in [0.2, 0.25) is 0 Å². The fourth-order valence-corrected chi connectivity index (χ4v) is 5.35. The van der Waals surface area contributed by atoms with Crippen molar-refractivity contribution < 1.29 is 23.1 Å². The van der Waals surface area contributed by atoms with Gasteiger partial charge in [-0.15, -0.1) is 0 Å². The van der Waals surface area contributed by atoms with Crippen molar-refractivity contribution in [1.29, 1.82) is 0 Å². The second-order valence-corrected chi connectivity index (χ2v) is 9.65. The molecule has 36 heavy (non-hydrogen) atoms. The Labute approximate surface area is 211 Å². The monoisotopic (exact) mass is 499 g/mol. The van der Waals surface area contributed by atoms with E-state index >= 15 is 0 Å². The van der Waals surface area contributed by atoms with E-state index in [-0.39, 0.29) is 29.6 Å². The van der Waals surface area contributed by atoms with E-state index in [0.717, 1.165) is 56.3 Å². The zero-order valence-corrected chi connectivity index (χ0v) is 20.8. The van der Waals surface area contributed by atoms with E-state index in [2.05, 4.69) is 10.2 Å². The number of nitrogens with one attached hydrogen (secondary N) is 1. The molecule has 2 aromatic carbocycles. The molecule has 8 heteroatoms. The van der Waals surface area contributed by atoms with Gasteiger partial charge in [-0.25, -0.2) is 13.6 Å². The van der Waals surface area contributed by atoms with E-state index in [4.69, 9.17) is 4.74 Å². The van der Waals surface area contributed by atoms with Crippen LogP contribution in [0.1, 0.15) is 56.1 Å². The van der Waals surface area contributed by atoms with Gasteiger partial charge in [0.1, 0.15) is 11.6 Å². The molecule has 2 aliphatic rings. The molecule has 1 unspecified atom stereocenters. The molecule has 0 aromatic heterocycles. The Balaban J connectivity index is 1.37. The van der Waals surface area contributed by atoms with Crippen LogP contribution in [0.4, 0.5) is 19.3 Å². The summed E-state index contributed by atoms with van der Waals surface area (Å²) < 4.78 is 32.7. The molecule has 0 aliphatic carbocycles. The number of hydrogen-bond acceptors (Lipinski definition) is 4. The molecule has 1 atom stereocenters. The number of hydrogen-bond donors (Lipinski definition) is 1. The molecule has 1 fully saturated rings. The molecule has 6 nitrogen and oxygen atoms in total. The predicted octanol–water partition coefficient (Wildman–Crippen LogP) is 5.07. The minimum atomic E-state index is -0.378. The molecule has 0 spiro atoms. The average molecular weight is 500 g/mol. The van der Waals surface area contributed by atoms with Crippen molar-refractivity contribution in [2.75, 3.05) is 44.2 Å². The lowest BCUT2D eigenvalue weighted by Crippen LogP contribution is -2.44. The predicted molar refractivity (Wildman–Crippen MR) is 135 cm³/mol. The molecule has 2 aromatic rings. The first-order chi connectivity index (χ1) is 17.4. The summed E-state index contributed by atoms with van der Waals surface area (Å²) in [6.45, 7) is 5.19. The average Bonchev–Trinajstić information content (AvgIpc) is 3.05. The summed E-state index contributed by atoms with van der Waals surface area (Å²) >= 11 is 0. The van der Waals surface area contributed by atoms with Gasteiger partial charge in [0.05, 0.1) is 18.8 Å². The number of nitrogens with zero attached hydrogens (tertiary/aromatic N) is 2. The van der Waals surface area contributed by atoms with Crippen LogP contribution in [-0.2, 0) is 9.53 Å². The van der Waals surface area contributed by atoms with Gasteiger partial charge >= 0.3 is 6.09 Å². The smallest absolute Gasteiger partial charge is 0.407 e. The molecule has 194 valence electrons. The van der Waals surface area contributed by atoms with Crippen molar-refractivity contribution in [3.63, 3.8) is 0 Å². The Hall–Kier alpha value is -3.00. The number of ether oxygens (including phenoxy) is 1. The topological polar surface area (TPSA) is 61.9 Å². The molecule has 0 saturated carbocycles. The zero-order valence-electron chi connectivity index (χ0n) is 20.8. The summed E-state index contributed by atoms with van der Waals surface area (Å²) in [5, 5.41) is 2.77. The number of amides is 2. The van der Waals surface area contributed by atoms with E-state index in [1.165, 1.54) is 24.3 Å². The minimum Gasteiger partial charge on any atom is -0.450 e. The van der Waals surface area contributed by atoms with Crippen LogP contribution in [0.15, 0.2) is 42.5 Å². The number of piperidine rings is 1. The van der Waals surface area contributed by atoms with Crippen LogP contribution in [-0.4, -0.2) is 56.2 Å². The maximum atomic E-state index is 14.3. The van der Waals surface area contributed by atoms with E-state index < -0.39 is 0 Å². The van der Waals surface area contributed by atoms with Gasteiger partial charge in [0.25, 0.3) is 0 Å². The summed E-state index contributed by atoms with van der Waals surface area (Å²) in [7, 11) is 0. The number of benzene rings is 2. The number of carbonyl (C=O) groups excluding carboxylic acids is 2. The molecule has 4 rings (SSSR count). The summed E-state index contributed by atoms with van der Waals surface area (Å²) in [5.41, 5.74) is 2.49. The second-order valence-electron chi connectivity index (χ2n) is 9.65. The van der Waals surface area contributed by atoms with E-state index in [9.17, 15) is 18.4 Å². The van der Waals surface area contributed by atoms with Gasteiger partial charge in [-0.1, -0.05) is 18.2 Å². The molecule has 2 heterocycles. The van der Waals surface area contributed by atoms with Crippen molar-refractivity contribution in [3.8, 4) is 0 Å². The third-order valence-electron chi connectivity index (χ3n) is 7.27. The molecule has 0 radical (unpaired) electrons. The maximum absolute atomic E-state index is 14.3. The van der Waals surface area contributed by atoms with Crippen molar-refractivity contribution in [3.05, 3.63) is 65.2 Å². The van der Waals surface area contributed by atoms with Gasteiger partial charge in [0.2, 0.25) is 5.91 Å². The Morgan fingerprint density at radius 1 is 1.00 bits per heavy atom. The van der Waals surface area contributed by atoms with Gasteiger partial charge < -0.3 is 15.0 Å². The lowest BCUT2D eigenvalue weighted by Gasteiger charge is -2.33. The number of likely N-dealkylation sites (tertiary alicyclic amines) is 1. The summed E-state index contributed by atoms with van der Waals surface area (Å²) in [4.78, 5) is 28.8. The van der Waals surface area contributed by atoms with Crippen molar-refractivity contribution >= 4 is 17.7 Å². The fourth-order valence-electron chi connectivity index (χ4n) is 5.35. The molecular weight excluding hydrogens is 464 g/mol. The third kappa shape index (κ3) is 6.60. The van der Waals surface area contributed by atoms with E-state index in [0.29, 0.717) is 37.8 Å². The Bertz CT molecular complexity index is 1040. The normalized spacial score (nSPS) is 18.9. The lowest BCUT2D eigenvalue weighted by molar-refractivity contribution is -0.120. The van der Waals surface area contributed by atoms with E-state index in [1.807, 2.05) is 0 Å². The number of carbonyl (C=O) groups is 2. The van der Waals surface area contributed by atoms with Crippen molar-refractivity contribution in [2.45, 2.75) is 44.9 Å². The zero-order chi connectivity index (χ0) is 25.5. The van der Waals surface area contributed by atoms with Gasteiger partial charge in [-0.05, 0) is 93.4 Å². The highest BCUT2D eigenvalue weighted by molar-refractivity contribution is 5.96. The molecular formula is C28H35F2N3O3. The first-order valence-electron chi connectivity index (χ1n) is 12.9. The SMILES string of the molecule is CCOC(=O)NCCC1CCN(CC(=O)N2CCCC(c3ccc(F)cc3)c3ccc(F)cc32)CC1. The highest BCUT2D eigenvalue weighted by atomic mass is 19.1. The summed E-state index contributed by atoms with van der Waals surface area (Å²) in [6, 6.07) is 11.1. The Morgan fingerprint density at radius 2 is 1.72 bits per heavy atom. The van der Waals surface area contributed by atoms with Crippen LogP contribution < -0.4 is 10.2 Å². The Morgan fingerprint density at radius 3 is 2.44 bits per heavy atom. The minimum absolute atomic E-state index is 0.0158. The van der Waals surface area contributed by atoms with Crippen LogP contribution in [0.25, 0.3) is 0 Å². The number of alkyl carbamates (subject to hydrolysis) is 1. The first-order valence-corrected chi connectivity index (χ1v) is 12.9. The van der Waals surface area contributed by atoms with Gasteiger partial charge in [-0.2, -0.15) is 0 Å².